The summed E-state index contributed by atoms with van der Waals surface area (Å²) in [7, 11) is 1.90. The first-order chi connectivity index (χ1) is 11.4. The average Bonchev–Trinajstić information content (AvgIpc) is 3.19. The van der Waals surface area contributed by atoms with Gasteiger partial charge < -0.3 is 9.47 Å². The molecule has 0 N–H and O–H groups in total. The van der Waals surface area contributed by atoms with E-state index < -0.39 is 5.79 Å². The first kappa shape index (κ1) is 16.0. The third-order valence-corrected chi connectivity index (χ3v) is 6.47. The number of ketones is 1. The number of fused-ring (bicyclic) bond motifs is 1. The molecule has 5 heteroatoms. The fraction of sp³-hybridized carbons (Fsp3) is 0.684. The number of Topliss-reactive ketones (excluding diaryl/α,β-unsaturated/α-hetero) is 1. The molecule has 2 aliphatic carbocycles. The first-order valence-corrected chi connectivity index (χ1v) is 8.94. The van der Waals surface area contributed by atoms with Crippen molar-refractivity contribution in [2.75, 3.05) is 13.2 Å². The van der Waals surface area contributed by atoms with Gasteiger partial charge in [0.15, 0.2) is 11.6 Å². The van der Waals surface area contributed by atoms with E-state index in [0.717, 1.165) is 30.4 Å². The number of carbonyl (C=O) groups is 1. The monoisotopic (exact) mass is 330 g/mol. The largest absolute Gasteiger partial charge is 0.347 e. The predicted molar refractivity (Wildman–Crippen MR) is 89.2 cm³/mol. The summed E-state index contributed by atoms with van der Waals surface area (Å²) in [5.41, 5.74) is 1.74. The normalized spacial score (nSPS) is 35.1. The van der Waals surface area contributed by atoms with E-state index in [9.17, 15) is 4.79 Å². The molecule has 2 fully saturated rings. The maximum absolute atomic E-state index is 13.3. The van der Waals surface area contributed by atoms with Gasteiger partial charge in [-0.05, 0) is 29.9 Å². The number of ether oxygens (including phenoxy) is 2. The maximum Gasteiger partial charge on any atom is 0.171 e. The molecule has 1 aromatic heterocycles. The van der Waals surface area contributed by atoms with Crippen molar-refractivity contribution in [3.8, 4) is 0 Å². The van der Waals surface area contributed by atoms with Crippen LogP contribution < -0.4 is 0 Å². The van der Waals surface area contributed by atoms with Gasteiger partial charge in [0.25, 0.3) is 0 Å². The lowest BCUT2D eigenvalue weighted by atomic mass is 9.55. The summed E-state index contributed by atoms with van der Waals surface area (Å²) >= 11 is 0. The van der Waals surface area contributed by atoms with E-state index >= 15 is 0 Å². The molecule has 1 spiro atoms. The minimum Gasteiger partial charge on any atom is -0.347 e. The summed E-state index contributed by atoms with van der Waals surface area (Å²) in [5, 5.41) is 4.21. The van der Waals surface area contributed by atoms with Gasteiger partial charge in [0, 0.05) is 37.4 Å². The third kappa shape index (κ3) is 2.29. The Labute approximate surface area is 143 Å². The Morgan fingerprint density at radius 1 is 1.33 bits per heavy atom. The Kier molecular flexibility index (Phi) is 3.69. The number of nitrogens with zero attached hydrogens (tertiary/aromatic N) is 2. The van der Waals surface area contributed by atoms with E-state index in [1.54, 1.807) is 4.68 Å². The van der Waals surface area contributed by atoms with Gasteiger partial charge in [0.2, 0.25) is 0 Å². The number of aromatic nitrogens is 2. The van der Waals surface area contributed by atoms with E-state index in [1.165, 1.54) is 0 Å². The van der Waals surface area contributed by atoms with Crippen molar-refractivity contribution in [2.45, 2.75) is 45.3 Å². The molecule has 130 valence electrons. The second-order valence-corrected chi connectivity index (χ2v) is 7.81. The highest BCUT2D eigenvalue weighted by Gasteiger charge is 2.58. The lowest BCUT2D eigenvalue weighted by Crippen LogP contribution is -2.55. The smallest absolute Gasteiger partial charge is 0.171 e. The highest BCUT2D eigenvalue weighted by molar-refractivity contribution is 6.01. The van der Waals surface area contributed by atoms with Gasteiger partial charge in [-0.1, -0.05) is 19.9 Å². The number of aryl methyl sites for hydroxylation is 1. The zero-order valence-corrected chi connectivity index (χ0v) is 14.7. The minimum atomic E-state index is -0.459. The van der Waals surface area contributed by atoms with Crippen LogP contribution in [0.2, 0.25) is 0 Å². The van der Waals surface area contributed by atoms with Crippen molar-refractivity contribution in [1.82, 2.24) is 9.78 Å². The minimum absolute atomic E-state index is 0.235. The van der Waals surface area contributed by atoms with Gasteiger partial charge in [-0.25, -0.2) is 0 Å². The number of rotatable bonds is 2. The highest BCUT2D eigenvalue weighted by atomic mass is 16.7. The molecule has 0 unspecified atom stereocenters. The molecule has 5 nitrogen and oxygen atoms in total. The Hall–Kier alpha value is -1.46. The molecule has 24 heavy (non-hydrogen) atoms. The molecule has 0 amide bonds. The predicted octanol–water partition coefficient (Wildman–Crippen LogP) is 2.66. The number of carbonyl (C=O) groups excluding carboxylic acids is 1. The second kappa shape index (κ2) is 5.53. The van der Waals surface area contributed by atoms with Crippen LogP contribution in [0.3, 0.4) is 0 Å². The zero-order valence-electron chi connectivity index (χ0n) is 14.7. The Bertz CT molecular complexity index is 687. The van der Waals surface area contributed by atoms with Crippen LogP contribution in [0, 0.1) is 17.3 Å². The van der Waals surface area contributed by atoms with Gasteiger partial charge in [-0.15, -0.1) is 0 Å². The van der Waals surface area contributed by atoms with Crippen molar-refractivity contribution in [3.63, 3.8) is 0 Å². The van der Waals surface area contributed by atoms with Gasteiger partial charge in [-0.3, -0.25) is 9.48 Å². The summed E-state index contributed by atoms with van der Waals surface area (Å²) in [6.45, 7) is 5.68. The van der Waals surface area contributed by atoms with Crippen LogP contribution >= 0.6 is 0 Å². The molecular weight excluding hydrogens is 304 g/mol. The van der Waals surface area contributed by atoms with Crippen LogP contribution in [0.5, 0.6) is 0 Å². The molecule has 0 bridgehead atoms. The Balaban J connectivity index is 1.60. The molecule has 3 aliphatic rings. The lowest BCUT2D eigenvalue weighted by molar-refractivity contribution is -0.239. The molecule has 4 rings (SSSR count). The summed E-state index contributed by atoms with van der Waals surface area (Å²) in [6, 6.07) is 0. The quantitative estimate of drug-likeness (QED) is 0.836. The van der Waals surface area contributed by atoms with Crippen LogP contribution in [0.1, 0.15) is 38.7 Å². The number of hydrogen-bond acceptors (Lipinski definition) is 4. The summed E-state index contributed by atoms with van der Waals surface area (Å²) in [6.07, 6.45) is 9.24. The standard InChI is InChI=1S/C19H26N2O3/c1-13-16-5-4-15(10-14-11-20-21(3)12-14)17(22)18(16,2)6-7-19(13)23-8-9-24-19/h4,11-13,16H,5-10H2,1-3H3/t13-,16-,18-/m0/s1. The summed E-state index contributed by atoms with van der Waals surface area (Å²) in [4.78, 5) is 13.3. The van der Waals surface area contributed by atoms with Crippen molar-refractivity contribution in [3.05, 3.63) is 29.6 Å². The van der Waals surface area contributed by atoms with Gasteiger partial charge >= 0.3 is 0 Å². The van der Waals surface area contributed by atoms with Crippen LogP contribution in [-0.4, -0.2) is 34.6 Å². The fourth-order valence-corrected chi connectivity index (χ4v) is 4.99. The van der Waals surface area contributed by atoms with Crippen molar-refractivity contribution < 1.29 is 14.3 Å². The van der Waals surface area contributed by atoms with Crippen LogP contribution in [-0.2, 0) is 27.7 Å². The van der Waals surface area contributed by atoms with Crippen LogP contribution in [0.4, 0.5) is 0 Å². The highest BCUT2D eigenvalue weighted by Crippen LogP contribution is 2.56. The molecular formula is C19H26N2O3. The lowest BCUT2D eigenvalue weighted by Gasteiger charge is -2.52. The molecule has 1 saturated heterocycles. The molecule has 3 atom stereocenters. The van der Waals surface area contributed by atoms with Gasteiger partial charge in [-0.2, -0.15) is 5.10 Å². The zero-order chi connectivity index (χ0) is 16.9. The van der Waals surface area contributed by atoms with Crippen LogP contribution in [0.25, 0.3) is 0 Å². The molecule has 1 saturated carbocycles. The second-order valence-electron chi connectivity index (χ2n) is 7.81. The maximum atomic E-state index is 13.3. The third-order valence-electron chi connectivity index (χ3n) is 6.47. The first-order valence-electron chi connectivity index (χ1n) is 8.94. The van der Waals surface area contributed by atoms with E-state index in [0.29, 0.717) is 25.4 Å². The van der Waals surface area contributed by atoms with E-state index in [-0.39, 0.29) is 17.3 Å². The topological polar surface area (TPSA) is 53.4 Å². The van der Waals surface area contributed by atoms with Crippen molar-refractivity contribution in [2.24, 2.45) is 24.3 Å². The van der Waals surface area contributed by atoms with Gasteiger partial charge in [0.1, 0.15) is 0 Å². The number of hydrogen-bond donors (Lipinski definition) is 0. The Morgan fingerprint density at radius 2 is 2.08 bits per heavy atom. The molecule has 0 radical (unpaired) electrons. The summed E-state index contributed by atoms with van der Waals surface area (Å²) in [5.74, 6) is 0.370. The van der Waals surface area contributed by atoms with Crippen molar-refractivity contribution in [1.29, 1.82) is 0 Å². The van der Waals surface area contributed by atoms with Gasteiger partial charge in [0.05, 0.1) is 19.4 Å². The van der Waals surface area contributed by atoms with E-state index in [1.807, 2.05) is 19.4 Å². The van der Waals surface area contributed by atoms with Crippen LogP contribution in [0.15, 0.2) is 24.0 Å². The molecule has 1 aliphatic heterocycles. The number of allylic oxidation sites excluding steroid dienone is 2. The molecule has 1 aromatic rings. The summed E-state index contributed by atoms with van der Waals surface area (Å²) < 4.78 is 13.8. The van der Waals surface area contributed by atoms with Crippen molar-refractivity contribution >= 4 is 5.78 Å². The van der Waals surface area contributed by atoms with E-state index in [2.05, 4.69) is 25.0 Å². The fourth-order valence-electron chi connectivity index (χ4n) is 4.99. The SMILES string of the molecule is C[C@H]1[C@@H]2CC=C(Cc3cnn(C)c3)C(=O)[C@@]2(C)CCC12OCCO2. The molecule has 0 aromatic carbocycles. The average molecular weight is 330 g/mol. The molecule has 2 heterocycles. The van der Waals surface area contributed by atoms with E-state index in [4.69, 9.17) is 9.47 Å². The Morgan fingerprint density at radius 3 is 2.75 bits per heavy atom.